The van der Waals surface area contributed by atoms with Crippen LogP contribution in [0.25, 0.3) is 0 Å². The van der Waals surface area contributed by atoms with Gasteiger partial charge in [0, 0.05) is 5.92 Å². The van der Waals surface area contributed by atoms with Gasteiger partial charge in [0.25, 0.3) is 0 Å². The first-order valence-corrected chi connectivity index (χ1v) is 3.45. The smallest absolute Gasteiger partial charge is 0.384 e. The summed E-state index contributed by atoms with van der Waals surface area (Å²) in [5, 5.41) is 0. The fraction of sp³-hybridized carbons (Fsp3) is 0.444. The van der Waals surface area contributed by atoms with Crippen molar-refractivity contribution < 1.29 is 9.53 Å². The Balaban J connectivity index is 3.99. The predicted octanol–water partition coefficient (Wildman–Crippen LogP) is 1.52. The monoisotopic (exact) mass is 152 g/mol. The Morgan fingerprint density at radius 3 is 2.73 bits per heavy atom. The highest BCUT2D eigenvalue weighted by Gasteiger charge is 1.86. The van der Waals surface area contributed by atoms with E-state index < -0.39 is 5.97 Å². The van der Waals surface area contributed by atoms with E-state index in [1.165, 1.54) is 7.11 Å². The maximum atomic E-state index is 10.5. The lowest BCUT2D eigenvalue weighted by molar-refractivity contribution is -0.133. The maximum Gasteiger partial charge on any atom is 0.384 e. The van der Waals surface area contributed by atoms with E-state index in [-0.39, 0.29) is 0 Å². The van der Waals surface area contributed by atoms with Crippen LogP contribution in [0.4, 0.5) is 0 Å². The van der Waals surface area contributed by atoms with E-state index in [9.17, 15) is 4.79 Å². The number of hydrogen-bond acceptors (Lipinski definition) is 2. The fourth-order valence-electron chi connectivity index (χ4n) is 0.371. The minimum Gasteiger partial charge on any atom is -0.459 e. The minimum absolute atomic E-state index is 0.495. The van der Waals surface area contributed by atoms with Gasteiger partial charge in [-0.15, -0.1) is 0 Å². The Hall–Kier alpha value is -1.23. The molecule has 0 bridgehead atoms. The Morgan fingerprint density at radius 2 is 2.27 bits per heavy atom. The Labute approximate surface area is 67.2 Å². The van der Waals surface area contributed by atoms with Crippen LogP contribution in [-0.2, 0) is 9.53 Å². The summed E-state index contributed by atoms with van der Waals surface area (Å²) in [4.78, 5) is 10.5. The summed E-state index contributed by atoms with van der Waals surface area (Å²) >= 11 is 0. The third kappa shape index (κ3) is 5.23. The van der Waals surface area contributed by atoms with E-state index in [1.54, 1.807) is 6.08 Å². The summed E-state index contributed by atoms with van der Waals surface area (Å²) in [5.41, 5.74) is 1.15. The number of methoxy groups -OCH3 is 1. The van der Waals surface area contributed by atoms with Gasteiger partial charge in [-0.25, -0.2) is 4.79 Å². The zero-order chi connectivity index (χ0) is 8.69. The molecule has 0 aliphatic rings. The lowest BCUT2D eigenvalue weighted by atomic mass is 10.2. The maximum absolute atomic E-state index is 10.5. The summed E-state index contributed by atoms with van der Waals surface area (Å²) in [6, 6.07) is 0. The molecular formula is C9H12O2. The zero-order valence-corrected chi connectivity index (χ0v) is 7.10. The molecule has 0 unspecified atom stereocenters. The van der Waals surface area contributed by atoms with E-state index in [2.05, 4.69) is 16.6 Å². The third-order valence-electron chi connectivity index (χ3n) is 1.24. The Morgan fingerprint density at radius 1 is 1.64 bits per heavy atom. The number of carbonyl (C=O) groups excluding carboxylic acids is 1. The molecule has 0 saturated carbocycles. The predicted molar refractivity (Wildman–Crippen MR) is 43.8 cm³/mol. The molecular weight excluding hydrogens is 140 g/mol. The van der Waals surface area contributed by atoms with Crippen LogP contribution in [0.5, 0.6) is 0 Å². The van der Waals surface area contributed by atoms with Crippen molar-refractivity contribution in [2.75, 3.05) is 7.11 Å². The molecule has 0 aromatic carbocycles. The van der Waals surface area contributed by atoms with Crippen molar-refractivity contribution in [3.63, 3.8) is 0 Å². The number of ether oxygens (including phenoxy) is 1. The zero-order valence-electron chi connectivity index (χ0n) is 7.10. The molecule has 0 saturated heterocycles. The van der Waals surface area contributed by atoms with Crippen LogP contribution in [0, 0.1) is 11.8 Å². The van der Waals surface area contributed by atoms with Crippen LogP contribution >= 0.6 is 0 Å². The van der Waals surface area contributed by atoms with Gasteiger partial charge in [0.2, 0.25) is 0 Å². The topological polar surface area (TPSA) is 26.3 Å². The molecule has 0 radical (unpaired) electrons. The summed E-state index contributed by atoms with van der Waals surface area (Å²) in [5.74, 6) is 4.41. The average molecular weight is 152 g/mol. The van der Waals surface area contributed by atoms with Gasteiger partial charge < -0.3 is 4.74 Å². The largest absolute Gasteiger partial charge is 0.459 e. The van der Waals surface area contributed by atoms with Crippen molar-refractivity contribution in [1.82, 2.24) is 0 Å². The minimum atomic E-state index is -0.495. The number of allylic oxidation sites excluding steroid dienone is 2. The van der Waals surface area contributed by atoms with Gasteiger partial charge in [-0.2, -0.15) is 0 Å². The summed E-state index contributed by atoms with van der Waals surface area (Å²) < 4.78 is 4.32. The molecule has 0 fully saturated rings. The number of rotatable bonds is 1. The van der Waals surface area contributed by atoms with Gasteiger partial charge >= 0.3 is 5.97 Å². The highest BCUT2D eigenvalue weighted by atomic mass is 16.5. The Kier molecular flexibility index (Phi) is 4.93. The van der Waals surface area contributed by atoms with Crippen molar-refractivity contribution in [2.45, 2.75) is 20.3 Å². The highest BCUT2D eigenvalue weighted by Crippen LogP contribution is 1.94. The second-order valence-corrected chi connectivity index (χ2v) is 2.11. The third-order valence-corrected chi connectivity index (χ3v) is 1.24. The van der Waals surface area contributed by atoms with Gasteiger partial charge in [-0.05, 0) is 19.4 Å². The molecule has 0 heterocycles. The molecule has 0 rings (SSSR count). The molecule has 0 aromatic heterocycles. The van der Waals surface area contributed by atoms with E-state index in [1.807, 2.05) is 13.8 Å². The van der Waals surface area contributed by atoms with Gasteiger partial charge in [0.1, 0.15) is 0 Å². The van der Waals surface area contributed by atoms with E-state index in [0.717, 1.165) is 12.0 Å². The molecule has 0 aliphatic heterocycles. The first-order chi connectivity index (χ1) is 5.20. The van der Waals surface area contributed by atoms with Crippen LogP contribution in [-0.4, -0.2) is 13.1 Å². The van der Waals surface area contributed by atoms with Crippen molar-refractivity contribution in [1.29, 1.82) is 0 Å². The van der Waals surface area contributed by atoms with E-state index in [4.69, 9.17) is 0 Å². The van der Waals surface area contributed by atoms with Crippen LogP contribution in [0.1, 0.15) is 20.3 Å². The molecule has 0 aliphatic carbocycles. The van der Waals surface area contributed by atoms with E-state index in [0.29, 0.717) is 0 Å². The molecule has 0 amide bonds. The highest BCUT2D eigenvalue weighted by molar-refractivity contribution is 5.88. The number of esters is 1. The van der Waals surface area contributed by atoms with Crippen molar-refractivity contribution in [3.8, 4) is 11.8 Å². The van der Waals surface area contributed by atoms with Crippen LogP contribution < -0.4 is 0 Å². The molecule has 0 N–H and O–H groups in total. The molecule has 60 valence electrons. The average Bonchev–Trinajstić information content (AvgIpc) is 2.04. The lowest BCUT2D eigenvalue weighted by Crippen LogP contribution is -1.93. The molecule has 0 aromatic rings. The standard InChI is InChI=1S/C9H12O2/c1-4-8(2)6-5-7-9(10)11-3/h6H,4H2,1-3H3/b8-6-. The van der Waals surface area contributed by atoms with Gasteiger partial charge in [-0.1, -0.05) is 18.4 Å². The summed E-state index contributed by atoms with van der Waals surface area (Å²) in [6.45, 7) is 4.00. The van der Waals surface area contributed by atoms with Crippen molar-refractivity contribution in [3.05, 3.63) is 11.6 Å². The molecule has 11 heavy (non-hydrogen) atoms. The molecule has 0 spiro atoms. The van der Waals surface area contributed by atoms with Crippen molar-refractivity contribution >= 4 is 5.97 Å². The van der Waals surface area contributed by atoms with Gasteiger partial charge in [0.15, 0.2) is 0 Å². The number of hydrogen-bond donors (Lipinski definition) is 0. The second-order valence-electron chi connectivity index (χ2n) is 2.11. The quantitative estimate of drug-likeness (QED) is 0.323. The lowest BCUT2D eigenvalue weighted by Gasteiger charge is -1.86. The summed E-state index contributed by atoms with van der Waals surface area (Å²) in [7, 11) is 1.31. The van der Waals surface area contributed by atoms with Gasteiger partial charge in [-0.3, -0.25) is 0 Å². The fourth-order valence-corrected chi connectivity index (χ4v) is 0.371. The Bertz CT molecular complexity index is 215. The molecule has 0 atom stereocenters. The molecule has 2 heteroatoms. The van der Waals surface area contributed by atoms with E-state index >= 15 is 0 Å². The summed E-state index contributed by atoms with van der Waals surface area (Å²) in [6.07, 6.45) is 2.67. The second kappa shape index (κ2) is 5.55. The first-order valence-electron chi connectivity index (χ1n) is 3.45. The van der Waals surface area contributed by atoms with Crippen LogP contribution in [0.3, 0.4) is 0 Å². The van der Waals surface area contributed by atoms with Crippen LogP contribution in [0.15, 0.2) is 11.6 Å². The molecule has 2 nitrogen and oxygen atoms in total. The van der Waals surface area contributed by atoms with Crippen molar-refractivity contribution in [2.24, 2.45) is 0 Å². The number of carbonyl (C=O) groups is 1. The first kappa shape index (κ1) is 9.77. The van der Waals surface area contributed by atoms with Crippen LogP contribution in [0.2, 0.25) is 0 Å². The SMILES string of the molecule is CC/C(C)=C\C#CC(=O)OC. The van der Waals surface area contributed by atoms with Gasteiger partial charge in [0.05, 0.1) is 7.11 Å². The normalized spacial score (nSPS) is 9.91.